The van der Waals surface area contributed by atoms with Crippen molar-refractivity contribution in [1.82, 2.24) is 10.3 Å². The second-order valence-electron chi connectivity index (χ2n) is 4.84. The zero-order valence-electron chi connectivity index (χ0n) is 10.4. The number of halogens is 1. The van der Waals surface area contributed by atoms with E-state index in [4.69, 9.17) is 0 Å². The van der Waals surface area contributed by atoms with Crippen molar-refractivity contribution in [2.45, 2.75) is 25.7 Å². The molecule has 1 aliphatic carbocycles. The number of nitrogens with one attached hydrogen (secondary N) is 1. The molecule has 0 aromatic carbocycles. The van der Waals surface area contributed by atoms with E-state index in [1.807, 2.05) is 0 Å². The van der Waals surface area contributed by atoms with Crippen LogP contribution < -0.4 is 5.32 Å². The maximum atomic E-state index is 12.7. The Bertz CT molecular complexity index is 481. The van der Waals surface area contributed by atoms with Crippen LogP contribution in [0.1, 0.15) is 36.2 Å². The van der Waals surface area contributed by atoms with Crippen molar-refractivity contribution < 1.29 is 19.1 Å². The number of aliphatic carboxylic acids is 1. The lowest BCUT2D eigenvalue weighted by Crippen LogP contribution is -2.41. The summed E-state index contributed by atoms with van der Waals surface area (Å²) in [5.41, 5.74) is -0.782. The quantitative estimate of drug-likeness (QED) is 0.867. The van der Waals surface area contributed by atoms with Crippen LogP contribution in [0.3, 0.4) is 0 Å². The Labute approximate surface area is 109 Å². The molecular weight excluding hydrogens is 251 g/mol. The molecule has 1 aromatic heterocycles. The van der Waals surface area contributed by atoms with E-state index >= 15 is 0 Å². The number of nitrogens with zero attached hydrogens (tertiary/aromatic N) is 1. The monoisotopic (exact) mass is 266 g/mol. The first-order chi connectivity index (χ1) is 9.03. The van der Waals surface area contributed by atoms with Gasteiger partial charge in [0.25, 0.3) is 5.91 Å². The van der Waals surface area contributed by atoms with Gasteiger partial charge in [-0.25, -0.2) is 9.37 Å². The second kappa shape index (κ2) is 5.34. The smallest absolute Gasteiger partial charge is 0.311 e. The Balaban J connectivity index is 1.99. The van der Waals surface area contributed by atoms with Crippen molar-refractivity contribution in [3.05, 3.63) is 29.8 Å². The zero-order valence-corrected chi connectivity index (χ0v) is 10.4. The van der Waals surface area contributed by atoms with Crippen molar-refractivity contribution in [2.24, 2.45) is 5.41 Å². The molecule has 0 bridgehead atoms. The first-order valence-corrected chi connectivity index (χ1v) is 6.17. The van der Waals surface area contributed by atoms with Crippen LogP contribution >= 0.6 is 0 Å². The normalized spacial score (nSPS) is 17.1. The average molecular weight is 266 g/mol. The molecule has 0 atom stereocenters. The van der Waals surface area contributed by atoms with E-state index in [1.54, 1.807) is 0 Å². The highest BCUT2D eigenvalue weighted by Crippen LogP contribution is 2.37. The third-order valence-electron chi connectivity index (χ3n) is 3.56. The van der Waals surface area contributed by atoms with Gasteiger partial charge in [0, 0.05) is 6.54 Å². The standard InChI is InChI=1S/C13H15FN2O3/c14-9-3-4-10(15-7-9)11(17)16-8-13(12(18)19)5-1-2-6-13/h3-4,7H,1-2,5-6,8H2,(H,16,17)(H,18,19). The lowest BCUT2D eigenvalue weighted by atomic mass is 9.86. The van der Waals surface area contributed by atoms with Crippen LogP contribution in [-0.4, -0.2) is 28.5 Å². The minimum atomic E-state index is -0.877. The third kappa shape index (κ3) is 2.89. The van der Waals surface area contributed by atoms with Crippen LogP contribution in [0.5, 0.6) is 0 Å². The molecule has 0 saturated heterocycles. The van der Waals surface area contributed by atoms with Crippen LogP contribution in [0.4, 0.5) is 4.39 Å². The lowest BCUT2D eigenvalue weighted by Gasteiger charge is -2.23. The second-order valence-corrected chi connectivity index (χ2v) is 4.84. The predicted molar refractivity (Wildman–Crippen MR) is 65.1 cm³/mol. The van der Waals surface area contributed by atoms with Crippen molar-refractivity contribution in [3.63, 3.8) is 0 Å². The fourth-order valence-electron chi connectivity index (χ4n) is 2.37. The van der Waals surface area contributed by atoms with Crippen LogP contribution in [0.2, 0.25) is 0 Å². The summed E-state index contributed by atoms with van der Waals surface area (Å²) < 4.78 is 12.7. The van der Waals surface area contributed by atoms with Gasteiger partial charge in [0.05, 0.1) is 11.6 Å². The van der Waals surface area contributed by atoms with E-state index in [0.717, 1.165) is 25.1 Å². The molecule has 1 fully saturated rings. The van der Waals surface area contributed by atoms with E-state index < -0.39 is 23.1 Å². The number of rotatable bonds is 4. The van der Waals surface area contributed by atoms with Gasteiger partial charge >= 0.3 is 5.97 Å². The number of pyridine rings is 1. The fourth-order valence-corrected chi connectivity index (χ4v) is 2.37. The number of aromatic nitrogens is 1. The molecule has 0 unspecified atom stereocenters. The summed E-state index contributed by atoms with van der Waals surface area (Å²) >= 11 is 0. The number of carbonyl (C=O) groups is 2. The summed E-state index contributed by atoms with van der Waals surface area (Å²) in [6.45, 7) is 0.0836. The molecular formula is C13H15FN2O3. The van der Waals surface area contributed by atoms with Crippen molar-refractivity contribution in [3.8, 4) is 0 Å². The van der Waals surface area contributed by atoms with Gasteiger partial charge in [0.15, 0.2) is 0 Å². The zero-order chi connectivity index (χ0) is 13.9. The Morgan fingerprint density at radius 1 is 1.37 bits per heavy atom. The Morgan fingerprint density at radius 2 is 2.05 bits per heavy atom. The molecule has 0 radical (unpaired) electrons. The number of carbonyl (C=O) groups excluding carboxylic acids is 1. The van der Waals surface area contributed by atoms with Gasteiger partial charge in [-0.05, 0) is 25.0 Å². The molecule has 0 aliphatic heterocycles. The van der Waals surface area contributed by atoms with Gasteiger partial charge in [-0.15, -0.1) is 0 Å². The molecule has 2 N–H and O–H groups in total. The molecule has 6 heteroatoms. The van der Waals surface area contributed by atoms with E-state index in [-0.39, 0.29) is 12.2 Å². The predicted octanol–water partition coefficient (Wildman–Crippen LogP) is 1.60. The molecule has 0 spiro atoms. The largest absolute Gasteiger partial charge is 0.481 e. The molecule has 1 amide bonds. The average Bonchev–Trinajstić information content (AvgIpc) is 2.87. The maximum Gasteiger partial charge on any atom is 0.311 e. The minimum Gasteiger partial charge on any atom is -0.481 e. The number of hydrogen-bond donors (Lipinski definition) is 2. The summed E-state index contributed by atoms with van der Waals surface area (Å²) in [5, 5.41) is 11.8. The summed E-state index contributed by atoms with van der Waals surface area (Å²) in [7, 11) is 0. The summed E-state index contributed by atoms with van der Waals surface area (Å²) in [6.07, 6.45) is 3.81. The third-order valence-corrected chi connectivity index (χ3v) is 3.56. The lowest BCUT2D eigenvalue weighted by molar-refractivity contribution is -0.148. The SMILES string of the molecule is O=C(NCC1(C(=O)O)CCCC1)c1ccc(F)cn1. The molecule has 2 rings (SSSR count). The van der Waals surface area contributed by atoms with Gasteiger partial charge in [-0.2, -0.15) is 0 Å². The van der Waals surface area contributed by atoms with Crippen LogP contribution in [0.25, 0.3) is 0 Å². The molecule has 1 heterocycles. The van der Waals surface area contributed by atoms with Gasteiger partial charge in [0.1, 0.15) is 11.5 Å². The molecule has 102 valence electrons. The minimum absolute atomic E-state index is 0.0833. The van der Waals surface area contributed by atoms with E-state index in [0.29, 0.717) is 12.8 Å². The summed E-state index contributed by atoms with van der Waals surface area (Å²) in [6, 6.07) is 2.41. The Morgan fingerprint density at radius 3 is 2.58 bits per heavy atom. The van der Waals surface area contributed by atoms with Gasteiger partial charge in [-0.3, -0.25) is 9.59 Å². The van der Waals surface area contributed by atoms with Crippen LogP contribution in [-0.2, 0) is 4.79 Å². The first-order valence-electron chi connectivity index (χ1n) is 6.17. The summed E-state index contributed by atoms with van der Waals surface area (Å²) in [5.74, 6) is -1.88. The van der Waals surface area contributed by atoms with Crippen molar-refractivity contribution in [2.75, 3.05) is 6.54 Å². The molecule has 5 nitrogen and oxygen atoms in total. The van der Waals surface area contributed by atoms with Crippen LogP contribution in [0.15, 0.2) is 18.3 Å². The highest BCUT2D eigenvalue weighted by atomic mass is 19.1. The van der Waals surface area contributed by atoms with Gasteiger partial charge in [-0.1, -0.05) is 12.8 Å². The molecule has 19 heavy (non-hydrogen) atoms. The number of amides is 1. The molecule has 1 saturated carbocycles. The fraction of sp³-hybridized carbons (Fsp3) is 0.462. The van der Waals surface area contributed by atoms with Gasteiger partial charge < -0.3 is 10.4 Å². The van der Waals surface area contributed by atoms with E-state index in [1.165, 1.54) is 6.07 Å². The molecule has 1 aromatic rings. The summed E-state index contributed by atoms with van der Waals surface area (Å²) in [4.78, 5) is 26.7. The Kier molecular flexibility index (Phi) is 3.78. The van der Waals surface area contributed by atoms with Crippen molar-refractivity contribution in [1.29, 1.82) is 0 Å². The van der Waals surface area contributed by atoms with E-state index in [2.05, 4.69) is 10.3 Å². The van der Waals surface area contributed by atoms with E-state index in [9.17, 15) is 19.1 Å². The number of carboxylic acids is 1. The first kappa shape index (κ1) is 13.5. The van der Waals surface area contributed by atoms with Crippen LogP contribution in [0, 0.1) is 11.2 Å². The highest BCUT2D eigenvalue weighted by Gasteiger charge is 2.41. The van der Waals surface area contributed by atoms with Crippen molar-refractivity contribution >= 4 is 11.9 Å². The van der Waals surface area contributed by atoms with Gasteiger partial charge in [0.2, 0.25) is 0 Å². The maximum absolute atomic E-state index is 12.7. The number of carboxylic acid groups (broad SMARTS) is 1. The number of hydrogen-bond acceptors (Lipinski definition) is 3. The highest BCUT2D eigenvalue weighted by molar-refractivity contribution is 5.92. The topological polar surface area (TPSA) is 79.3 Å². The Hall–Kier alpha value is -1.98. The molecule has 1 aliphatic rings.